The first-order valence-corrected chi connectivity index (χ1v) is 7.55. The van der Waals surface area contributed by atoms with Gasteiger partial charge in [-0.1, -0.05) is 11.8 Å². The zero-order valence-corrected chi connectivity index (χ0v) is 12.2. The quantitative estimate of drug-likeness (QED) is 0.837. The Morgan fingerprint density at radius 3 is 3.00 bits per heavy atom. The molecular weight excluding hydrogens is 264 g/mol. The Hall–Kier alpha value is -1.01. The van der Waals surface area contributed by atoms with E-state index >= 15 is 0 Å². The molecule has 0 spiro atoms. The molecule has 0 bridgehead atoms. The maximum atomic E-state index is 11.7. The van der Waals surface area contributed by atoms with E-state index in [1.165, 1.54) is 11.8 Å². The van der Waals surface area contributed by atoms with Gasteiger partial charge in [0, 0.05) is 13.2 Å². The first kappa shape index (κ1) is 14.4. The van der Waals surface area contributed by atoms with Crippen molar-refractivity contribution >= 4 is 17.7 Å². The Labute approximate surface area is 117 Å². The van der Waals surface area contributed by atoms with Gasteiger partial charge in [0.05, 0.1) is 18.1 Å². The first-order chi connectivity index (χ1) is 9.15. The van der Waals surface area contributed by atoms with Crippen LogP contribution in [-0.2, 0) is 9.53 Å². The fourth-order valence-electron chi connectivity index (χ4n) is 1.91. The SMILES string of the molecule is Cc1nc(SCC(=O)NCC2CCCOC2)oc1C. The summed E-state index contributed by atoms with van der Waals surface area (Å²) in [6.07, 6.45) is 2.22. The highest BCUT2D eigenvalue weighted by molar-refractivity contribution is 7.99. The van der Waals surface area contributed by atoms with Crippen molar-refractivity contribution in [2.75, 3.05) is 25.5 Å². The third-order valence-corrected chi connectivity index (χ3v) is 4.01. The van der Waals surface area contributed by atoms with Crippen molar-refractivity contribution in [2.45, 2.75) is 31.9 Å². The van der Waals surface area contributed by atoms with Crippen molar-refractivity contribution in [3.63, 3.8) is 0 Å². The Morgan fingerprint density at radius 1 is 1.53 bits per heavy atom. The number of aromatic nitrogens is 1. The highest BCUT2D eigenvalue weighted by Gasteiger charge is 2.15. The Bertz CT molecular complexity index is 408. The second kappa shape index (κ2) is 6.96. The van der Waals surface area contributed by atoms with Crippen LogP contribution in [-0.4, -0.2) is 36.4 Å². The molecule has 5 nitrogen and oxygen atoms in total. The van der Waals surface area contributed by atoms with Gasteiger partial charge in [0.15, 0.2) is 0 Å². The van der Waals surface area contributed by atoms with Crippen LogP contribution in [0.3, 0.4) is 0 Å². The number of hydrogen-bond donors (Lipinski definition) is 1. The van der Waals surface area contributed by atoms with Crippen molar-refractivity contribution in [1.82, 2.24) is 10.3 Å². The Balaban J connectivity index is 1.66. The van der Waals surface area contributed by atoms with E-state index in [2.05, 4.69) is 10.3 Å². The number of aryl methyl sites for hydroxylation is 2. The molecule has 0 aromatic carbocycles. The number of oxazole rings is 1. The molecule has 106 valence electrons. The molecule has 0 aliphatic carbocycles. The van der Waals surface area contributed by atoms with E-state index in [0.29, 0.717) is 23.4 Å². The van der Waals surface area contributed by atoms with E-state index in [-0.39, 0.29) is 5.91 Å². The molecule has 1 unspecified atom stereocenters. The van der Waals surface area contributed by atoms with E-state index in [4.69, 9.17) is 9.15 Å². The molecule has 1 N–H and O–H groups in total. The highest BCUT2D eigenvalue weighted by atomic mass is 32.2. The number of carbonyl (C=O) groups excluding carboxylic acids is 1. The summed E-state index contributed by atoms with van der Waals surface area (Å²) in [5, 5.41) is 3.50. The minimum Gasteiger partial charge on any atom is -0.437 e. The summed E-state index contributed by atoms with van der Waals surface area (Å²) in [5.74, 6) is 1.62. The molecule has 0 saturated carbocycles. The first-order valence-electron chi connectivity index (χ1n) is 6.56. The minimum absolute atomic E-state index is 0.0177. The highest BCUT2D eigenvalue weighted by Crippen LogP contribution is 2.19. The van der Waals surface area contributed by atoms with Crippen LogP contribution >= 0.6 is 11.8 Å². The summed E-state index contributed by atoms with van der Waals surface area (Å²) in [5.41, 5.74) is 0.877. The normalized spacial score (nSPS) is 19.4. The molecule has 6 heteroatoms. The van der Waals surface area contributed by atoms with E-state index < -0.39 is 0 Å². The molecule has 1 saturated heterocycles. The Kier molecular flexibility index (Phi) is 5.27. The van der Waals surface area contributed by atoms with Crippen LogP contribution < -0.4 is 5.32 Å². The van der Waals surface area contributed by atoms with Crippen molar-refractivity contribution in [3.05, 3.63) is 11.5 Å². The number of thioether (sulfide) groups is 1. The molecule has 1 aliphatic rings. The van der Waals surface area contributed by atoms with Gasteiger partial charge in [-0.05, 0) is 32.6 Å². The number of carbonyl (C=O) groups is 1. The van der Waals surface area contributed by atoms with E-state index in [1.807, 2.05) is 13.8 Å². The van der Waals surface area contributed by atoms with Crippen LogP contribution in [0.4, 0.5) is 0 Å². The summed E-state index contributed by atoms with van der Waals surface area (Å²) in [6, 6.07) is 0. The average Bonchev–Trinajstić information content (AvgIpc) is 2.74. The number of ether oxygens (including phenoxy) is 1. The second-order valence-electron chi connectivity index (χ2n) is 4.80. The predicted octanol–water partition coefficient (Wildman–Crippen LogP) is 1.93. The molecule has 1 aromatic heterocycles. The van der Waals surface area contributed by atoms with Gasteiger partial charge in [-0.15, -0.1) is 0 Å². The van der Waals surface area contributed by atoms with Crippen LogP contribution in [0.1, 0.15) is 24.3 Å². The lowest BCUT2D eigenvalue weighted by Gasteiger charge is -2.22. The summed E-state index contributed by atoms with van der Waals surface area (Å²) >= 11 is 1.33. The zero-order chi connectivity index (χ0) is 13.7. The molecule has 19 heavy (non-hydrogen) atoms. The number of nitrogens with zero attached hydrogens (tertiary/aromatic N) is 1. The topological polar surface area (TPSA) is 64.4 Å². The zero-order valence-electron chi connectivity index (χ0n) is 11.4. The summed E-state index contributed by atoms with van der Waals surface area (Å²) < 4.78 is 10.8. The fourth-order valence-corrected chi connectivity index (χ4v) is 2.65. The Morgan fingerprint density at radius 2 is 2.37 bits per heavy atom. The second-order valence-corrected chi connectivity index (χ2v) is 5.72. The van der Waals surface area contributed by atoms with Gasteiger partial charge in [0.1, 0.15) is 5.76 Å². The fraction of sp³-hybridized carbons (Fsp3) is 0.692. The molecule has 1 fully saturated rings. The van der Waals surface area contributed by atoms with Crippen LogP contribution in [0.25, 0.3) is 0 Å². The van der Waals surface area contributed by atoms with Gasteiger partial charge in [0.2, 0.25) is 5.91 Å². The number of amides is 1. The molecular formula is C13H20N2O3S. The number of rotatable bonds is 5. The third kappa shape index (κ3) is 4.54. The lowest BCUT2D eigenvalue weighted by atomic mass is 10.0. The molecule has 2 heterocycles. The molecule has 0 radical (unpaired) electrons. The predicted molar refractivity (Wildman–Crippen MR) is 73.3 cm³/mol. The van der Waals surface area contributed by atoms with Gasteiger partial charge < -0.3 is 14.5 Å². The number of nitrogens with one attached hydrogen (secondary N) is 1. The molecule has 1 aromatic rings. The number of hydrogen-bond acceptors (Lipinski definition) is 5. The minimum atomic E-state index is 0.0177. The van der Waals surface area contributed by atoms with Crippen LogP contribution in [0.5, 0.6) is 0 Å². The van der Waals surface area contributed by atoms with E-state index in [9.17, 15) is 4.79 Å². The summed E-state index contributed by atoms with van der Waals surface area (Å²) in [4.78, 5) is 15.9. The standard InChI is InChI=1S/C13H20N2O3S/c1-9-10(2)18-13(15-9)19-8-12(16)14-6-11-4-3-5-17-7-11/h11H,3-8H2,1-2H3,(H,14,16). The van der Waals surface area contributed by atoms with E-state index in [0.717, 1.165) is 37.5 Å². The van der Waals surface area contributed by atoms with E-state index in [1.54, 1.807) is 0 Å². The maximum absolute atomic E-state index is 11.7. The van der Waals surface area contributed by atoms with Crippen LogP contribution in [0.2, 0.25) is 0 Å². The lowest BCUT2D eigenvalue weighted by molar-refractivity contribution is -0.118. The largest absolute Gasteiger partial charge is 0.437 e. The smallest absolute Gasteiger partial charge is 0.256 e. The van der Waals surface area contributed by atoms with Crippen LogP contribution in [0.15, 0.2) is 9.64 Å². The maximum Gasteiger partial charge on any atom is 0.256 e. The molecule has 1 aliphatic heterocycles. The van der Waals surface area contributed by atoms with Gasteiger partial charge in [0.25, 0.3) is 5.22 Å². The van der Waals surface area contributed by atoms with Gasteiger partial charge in [-0.3, -0.25) is 4.79 Å². The van der Waals surface area contributed by atoms with Gasteiger partial charge >= 0.3 is 0 Å². The van der Waals surface area contributed by atoms with Gasteiger partial charge in [-0.2, -0.15) is 0 Å². The van der Waals surface area contributed by atoms with Crippen molar-refractivity contribution in [3.8, 4) is 0 Å². The molecule has 2 rings (SSSR count). The molecule has 1 amide bonds. The molecule has 1 atom stereocenters. The van der Waals surface area contributed by atoms with Crippen molar-refractivity contribution in [2.24, 2.45) is 5.92 Å². The van der Waals surface area contributed by atoms with Crippen molar-refractivity contribution in [1.29, 1.82) is 0 Å². The van der Waals surface area contributed by atoms with Crippen molar-refractivity contribution < 1.29 is 13.9 Å². The lowest BCUT2D eigenvalue weighted by Crippen LogP contribution is -2.34. The monoisotopic (exact) mass is 284 g/mol. The third-order valence-electron chi connectivity index (χ3n) is 3.18. The average molecular weight is 284 g/mol. The summed E-state index contributed by atoms with van der Waals surface area (Å²) in [7, 11) is 0. The van der Waals surface area contributed by atoms with Gasteiger partial charge in [-0.25, -0.2) is 4.98 Å². The summed E-state index contributed by atoms with van der Waals surface area (Å²) in [6.45, 7) is 6.07. The van der Waals surface area contributed by atoms with Crippen LogP contribution in [0, 0.1) is 19.8 Å².